The maximum absolute atomic E-state index is 12.3. The molecule has 0 aliphatic carbocycles. The summed E-state index contributed by atoms with van der Waals surface area (Å²) in [4.78, 5) is 10.2. The number of azo groups is 3. The number of nitrogens with zero attached hydrogens (tertiary/aromatic N) is 6. The molecule has 0 saturated heterocycles. The Morgan fingerprint density at radius 1 is 0.650 bits per heavy atom. The van der Waals surface area contributed by atoms with Gasteiger partial charge in [-0.25, -0.2) is 0 Å². The van der Waals surface area contributed by atoms with Crippen LogP contribution in [-0.2, 0) is 35.1 Å². The van der Waals surface area contributed by atoms with Gasteiger partial charge < -0.3 is 20.5 Å². The molecule has 0 aliphatic rings. The van der Waals surface area contributed by atoms with E-state index in [0.717, 1.165) is 6.07 Å². The lowest BCUT2D eigenvalue weighted by Gasteiger charge is -2.11. The van der Waals surface area contributed by atoms with Gasteiger partial charge in [-0.3, -0.25) is 18.5 Å². The molecule has 1 amide bonds. The zero-order valence-corrected chi connectivity index (χ0v) is 34.9. The number of carbonyl (C=O) groups is 1. The number of rotatable bonds is 15. The Kier molecular flexibility index (Phi) is 13.4. The van der Waals surface area contributed by atoms with Gasteiger partial charge in [-0.1, -0.05) is 0 Å². The number of aryl methyl sites for hydroxylation is 3. The molecular weight excluding hydrogens is 845 g/mol. The molecular formula is C37H38N8O12S3. The van der Waals surface area contributed by atoms with Crippen LogP contribution >= 0.6 is 0 Å². The van der Waals surface area contributed by atoms with Gasteiger partial charge in [0, 0.05) is 36.8 Å². The minimum atomic E-state index is -4.85. The van der Waals surface area contributed by atoms with Crippen LogP contribution in [0.25, 0.3) is 10.8 Å². The molecule has 0 radical (unpaired) electrons. The van der Waals surface area contributed by atoms with Crippen molar-refractivity contribution >= 4 is 92.5 Å². The molecule has 0 aliphatic heterocycles. The molecule has 0 spiro atoms. The van der Waals surface area contributed by atoms with E-state index in [1.54, 1.807) is 58.2 Å². The van der Waals surface area contributed by atoms with Gasteiger partial charge in [0.05, 0.1) is 29.4 Å². The lowest BCUT2D eigenvalue weighted by atomic mass is 10.1. The van der Waals surface area contributed by atoms with E-state index in [1.165, 1.54) is 37.3 Å². The Hall–Kier alpha value is -6.24. The van der Waals surface area contributed by atoms with E-state index in [2.05, 4.69) is 41.3 Å². The van der Waals surface area contributed by atoms with Crippen LogP contribution in [-0.4, -0.2) is 69.3 Å². The number of nitrogens with one attached hydrogen (secondary N) is 2. The monoisotopic (exact) mass is 882 g/mol. The van der Waals surface area contributed by atoms with Gasteiger partial charge in [0.2, 0.25) is 5.91 Å². The van der Waals surface area contributed by atoms with Crippen LogP contribution in [0.3, 0.4) is 0 Å². The van der Waals surface area contributed by atoms with Gasteiger partial charge in [0.1, 0.15) is 32.6 Å². The highest BCUT2D eigenvalue weighted by atomic mass is 32.2. The number of hydrogen-bond donors (Lipinski definition) is 6. The van der Waals surface area contributed by atoms with Gasteiger partial charge in [0.25, 0.3) is 30.4 Å². The second kappa shape index (κ2) is 17.9. The van der Waals surface area contributed by atoms with Crippen molar-refractivity contribution in [3.8, 4) is 11.5 Å². The highest BCUT2D eigenvalue weighted by Crippen LogP contribution is 2.43. The fraction of sp³-hybridized carbons (Fsp3) is 0.216. The molecule has 6 N–H and O–H groups in total. The fourth-order valence-electron chi connectivity index (χ4n) is 5.59. The molecule has 5 rings (SSSR count). The third-order valence-electron chi connectivity index (χ3n) is 8.56. The number of phenolic OH excluding ortho intramolecular Hbond substituents is 1. The average Bonchev–Trinajstić information content (AvgIpc) is 3.15. The summed E-state index contributed by atoms with van der Waals surface area (Å²) in [5.74, 6) is -1.53. The van der Waals surface area contributed by atoms with Crippen LogP contribution in [0.15, 0.2) is 107 Å². The maximum Gasteiger partial charge on any atom is 0.296 e. The quantitative estimate of drug-likeness (QED) is 0.0325. The SMILES string of the molecule is CNc1ccc2c(O)c(N=Nc3cc(C)c(N=Nc4cc(C)c(N=Nc5ccc(NC(C)=O)cc5S(=O)(=O)O)cc4OCCCS(=O)(=O)O)cc3C)c(S(=O)(=O)O)cc2c1. The molecule has 0 heterocycles. The second-order valence-electron chi connectivity index (χ2n) is 13.2. The number of hydrogen-bond acceptors (Lipinski definition) is 16. The highest BCUT2D eigenvalue weighted by molar-refractivity contribution is 7.86. The zero-order valence-electron chi connectivity index (χ0n) is 32.4. The predicted octanol–water partition coefficient (Wildman–Crippen LogP) is 8.87. The van der Waals surface area contributed by atoms with E-state index in [9.17, 15) is 44.3 Å². The lowest BCUT2D eigenvalue weighted by Crippen LogP contribution is -2.08. The number of ether oxygens (including phenoxy) is 1. The minimum absolute atomic E-state index is 0.0523. The van der Waals surface area contributed by atoms with Crippen molar-refractivity contribution in [1.29, 1.82) is 0 Å². The van der Waals surface area contributed by atoms with Gasteiger partial charge in [-0.2, -0.15) is 40.6 Å². The van der Waals surface area contributed by atoms with Crippen molar-refractivity contribution in [2.75, 3.05) is 30.0 Å². The molecule has 60 heavy (non-hydrogen) atoms. The molecule has 0 aromatic heterocycles. The van der Waals surface area contributed by atoms with E-state index < -0.39 is 63.2 Å². The van der Waals surface area contributed by atoms with Gasteiger partial charge in [0.15, 0.2) is 5.75 Å². The normalized spacial score (nSPS) is 12.5. The second-order valence-corrected chi connectivity index (χ2v) is 17.5. The first-order valence-corrected chi connectivity index (χ1v) is 22.0. The Bertz CT molecular complexity index is 2960. The number of phenols is 1. The van der Waals surface area contributed by atoms with E-state index in [0.29, 0.717) is 33.5 Å². The number of benzene rings is 5. The summed E-state index contributed by atoms with van der Waals surface area (Å²) in [6.45, 7) is 6.02. The first-order valence-electron chi connectivity index (χ1n) is 17.5. The highest BCUT2D eigenvalue weighted by Gasteiger charge is 2.23. The first-order chi connectivity index (χ1) is 28.0. The van der Waals surface area contributed by atoms with Crippen LogP contribution in [0.1, 0.15) is 30.0 Å². The summed E-state index contributed by atoms with van der Waals surface area (Å²) < 4.78 is 106. The van der Waals surface area contributed by atoms with Crippen LogP contribution in [0.5, 0.6) is 11.5 Å². The molecule has 0 saturated carbocycles. The van der Waals surface area contributed by atoms with Crippen molar-refractivity contribution in [2.45, 2.75) is 43.9 Å². The summed E-state index contributed by atoms with van der Waals surface area (Å²) in [5, 5.41) is 42.0. The number of carbonyl (C=O) groups excluding carboxylic acids is 1. The van der Waals surface area contributed by atoms with Crippen LogP contribution < -0.4 is 15.4 Å². The van der Waals surface area contributed by atoms with Gasteiger partial charge in [-0.15, -0.1) is 15.3 Å². The molecule has 20 nitrogen and oxygen atoms in total. The van der Waals surface area contributed by atoms with Crippen molar-refractivity contribution in [3.63, 3.8) is 0 Å². The van der Waals surface area contributed by atoms with Crippen LogP contribution in [0, 0.1) is 20.8 Å². The Morgan fingerprint density at radius 2 is 1.18 bits per heavy atom. The molecule has 5 aromatic carbocycles. The van der Waals surface area contributed by atoms with Crippen molar-refractivity contribution in [3.05, 3.63) is 83.4 Å². The third-order valence-corrected chi connectivity index (χ3v) is 11.1. The molecule has 0 fully saturated rings. The molecule has 23 heteroatoms. The number of fused-ring (bicyclic) bond motifs is 1. The van der Waals surface area contributed by atoms with E-state index in [-0.39, 0.29) is 52.6 Å². The summed E-state index contributed by atoms with van der Waals surface area (Å²) >= 11 is 0. The largest absolute Gasteiger partial charge is 0.505 e. The molecule has 5 aromatic rings. The minimum Gasteiger partial charge on any atom is -0.505 e. The summed E-state index contributed by atoms with van der Waals surface area (Å²) in [6, 6.07) is 15.7. The number of aromatic hydroxyl groups is 1. The number of amides is 1. The lowest BCUT2D eigenvalue weighted by molar-refractivity contribution is -0.114. The van der Waals surface area contributed by atoms with Gasteiger partial charge >= 0.3 is 0 Å². The molecule has 0 bridgehead atoms. The van der Waals surface area contributed by atoms with Crippen molar-refractivity contribution in [2.24, 2.45) is 30.7 Å². The van der Waals surface area contributed by atoms with Gasteiger partial charge in [-0.05, 0) is 110 Å². The van der Waals surface area contributed by atoms with Crippen LogP contribution in [0.4, 0.5) is 45.5 Å². The number of anilines is 2. The molecule has 316 valence electrons. The Morgan fingerprint density at radius 3 is 1.75 bits per heavy atom. The first kappa shape index (κ1) is 44.9. The predicted molar refractivity (Wildman–Crippen MR) is 222 cm³/mol. The van der Waals surface area contributed by atoms with Crippen molar-refractivity contribution < 1.29 is 53.5 Å². The van der Waals surface area contributed by atoms with Crippen molar-refractivity contribution in [1.82, 2.24) is 0 Å². The smallest absolute Gasteiger partial charge is 0.296 e. The van der Waals surface area contributed by atoms with E-state index in [1.807, 2.05) is 0 Å². The zero-order chi connectivity index (χ0) is 44.2. The van der Waals surface area contributed by atoms with E-state index >= 15 is 0 Å². The maximum atomic E-state index is 12.3. The molecule has 0 unspecified atom stereocenters. The summed E-state index contributed by atoms with van der Waals surface area (Å²) in [5.41, 5.74) is 2.44. The fourth-order valence-corrected chi connectivity index (χ4v) is 7.38. The van der Waals surface area contributed by atoms with Crippen LogP contribution in [0.2, 0.25) is 0 Å². The summed E-state index contributed by atoms with van der Waals surface area (Å²) in [7, 11) is -12.3. The standard InChI is InChI=1S/C37H38N8O12S3/c1-20-14-30(43-45-36-35(60(54,55)56)17-24-16-25(38-5)7-9-27(24)37(36)47)21(2)13-29(20)41-44-32-15-22(3)31(19-33(32)57-11-6-12-58(48,49)50)42-40-28-10-8-26(39-23(4)46)18-34(28)59(51,52)53/h7-10,13-19,38,47H,6,11-12H2,1-5H3,(H,39,46)(H,48,49,50)(H,51,52,53)(H,54,55,56). The van der Waals surface area contributed by atoms with E-state index in [4.69, 9.17) is 9.29 Å². The third kappa shape index (κ3) is 11.3. The average molecular weight is 883 g/mol. The molecule has 0 atom stereocenters. The Balaban J connectivity index is 1.49. The summed E-state index contributed by atoms with van der Waals surface area (Å²) in [6.07, 6.45) is -0.104. The topological polar surface area (TPSA) is 308 Å². The Labute approximate surface area is 344 Å².